The molecule has 7 rings (SSSR count). The Morgan fingerprint density at radius 2 is 1.65 bits per heavy atom. The third kappa shape index (κ3) is 3.90. The van der Waals surface area contributed by atoms with Crippen molar-refractivity contribution in [1.82, 2.24) is 4.90 Å². The highest BCUT2D eigenvalue weighted by molar-refractivity contribution is 6.17. The van der Waals surface area contributed by atoms with E-state index >= 15 is 4.79 Å². The summed E-state index contributed by atoms with van der Waals surface area (Å²) >= 11 is 0. The minimum Gasteiger partial charge on any atom is -0.489 e. The number of amides is 1. The predicted molar refractivity (Wildman–Crippen MR) is 166 cm³/mol. The summed E-state index contributed by atoms with van der Waals surface area (Å²) in [5.74, 6) is -1.52. The predicted octanol–water partition coefficient (Wildman–Crippen LogP) is 6.54. The molecule has 4 atom stereocenters. The number of benzene rings is 4. The second kappa shape index (κ2) is 10.2. The van der Waals surface area contributed by atoms with Gasteiger partial charge in [-0.2, -0.15) is 0 Å². The van der Waals surface area contributed by atoms with Gasteiger partial charge in [-0.15, -0.1) is 0 Å². The Bertz CT molecular complexity index is 1820. The van der Waals surface area contributed by atoms with Gasteiger partial charge in [-0.05, 0) is 47.9 Å². The van der Waals surface area contributed by atoms with E-state index in [1.165, 1.54) is 0 Å². The lowest BCUT2D eigenvalue weighted by Gasteiger charge is -2.38. The SMILES string of the molecule is C=CCOc1ccccc1C(=O)C1C(C(=O)c2ccc(C)cc2)N2C=Cc3ccccc3C2C12C(=O)Nc1ccccc12. The molecule has 212 valence electrons. The normalized spacial score (nSPS) is 22.9. The number of Topliss-reactive ketones (excluding diaryl/α,β-unsaturated/α-hetero) is 2. The Balaban J connectivity index is 1.52. The second-order valence-corrected chi connectivity index (χ2v) is 11.3. The minimum absolute atomic E-state index is 0.208. The summed E-state index contributed by atoms with van der Waals surface area (Å²) in [5.41, 5.74) is 3.64. The second-order valence-electron chi connectivity index (χ2n) is 11.3. The number of hydrogen-bond donors (Lipinski definition) is 1. The summed E-state index contributed by atoms with van der Waals surface area (Å²) in [5, 5.41) is 3.09. The zero-order valence-corrected chi connectivity index (χ0v) is 23.7. The van der Waals surface area contributed by atoms with Crippen LogP contribution in [-0.4, -0.2) is 35.0 Å². The number of ether oxygens (including phenoxy) is 1. The average Bonchev–Trinajstić information content (AvgIpc) is 3.52. The van der Waals surface area contributed by atoms with E-state index in [0.717, 1.165) is 16.7 Å². The maximum Gasteiger partial charge on any atom is 0.238 e. The Morgan fingerprint density at radius 3 is 2.47 bits per heavy atom. The molecule has 0 aromatic heterocycles. The molecule has 1 fully saturated rings. The number of aryl methyl sites for hydroxylation is 1. The van der Waals surface area contributed by atoms with Crippen molar-refractivity contribution >= 4 is 29.2 Å². The molecule has 43 heavy (non-hydrogen) atoms. The number of hydrogen-bond acceptors (Lipinski definition) is 5. The highest BCUT2D eigenvalue weighted by Crippen LogP contribution is 2.62. The molecule has 1 N–H and O–H groups in total. The summed E-state index contributed by atoms with van der Waals surface area (Å²) in [7, 11) is 0. The number of para-hydroxylation sites is 2. The van der Waals surface area contributed by atoms with Gasteiger partial charge in [0.05, 0.1) is 17.5 Å². The summed E-state index contributed by atoms with van der Waals surface area (Å²) < 4.78 is 5.93. The molecule has 0 radical (unpaired) electrons. The van der Waals surface area contributed by atoms with Crippen molar-refractivity contribution < 1.29 is 19.1 Å². The van der Waals surface area contributed by atoms with E-state index in [1.54, 1.807) is 42.5 Å². The van der Waals surface area contributed by atoms with Crippen molar-refractivity contribution in [2.45, 2.75) is 24.4 Å². The van der Waals surface area contributed by atoms with Gasteiger partial charge in [0.2, 0.25) is 5.91 Å². The van der Waals surface area contributed by atoms with Gasteiger partial charge in [-0.3, -0.25) is 14.4 Å². The number of anilines is 1. The molecule has 3 aliphatic heterocycles. The molecule has 0 aliphatic carbocycles. The first-order chi connectivity index (χ1) is 21.0. The summed E-state index contributed by atoms with van der Waals surface area (Å²) in [6, 6.07) is 28.2. The van der Waals surface area contributed by atoms with Gasteiger partial charge in [0, 0.05) is 17.5 Å². The molecule has 1 saturated heterocycles. The van der Waals surface area contributed by atoms with E-state index < -0.39 is 23.4 Å². The fraction of sp³-hybridized carbons (Fsp3) is 0.162. The molecule has 3 aliphatic rings. The molecular formula is C37H30N2O4. The van der Waals surface area contributed by atoms with Crippen LogP contribution in [0.25, 0.3) is 6.08 Å². The maximum atomic E-state index is 15.1. The monoisotopic (exact) mass is 566 g/mol. The van der Waals surface area contributed by atoms with Gasteiger partial charge >= 0.3 is 0 Å². The van der Waals surface area contributed by atoms with Gasteiger partial charge in [0.15, 0.2) is 11.6 Å². The first-order valence-electron chi connectivity index (χ1n) is 14.4. The maximum absolute atomic E-state index is 15.1. The molecule has 4 aromatic carbocycles. The van der Waals surface area contributed by atoms with Crippen LogP contribution in [0.15, 0.2) is 116 Å². The lowest BCUT2D eigenvalue weighted by molar-refractivity contribution is -0.122. The van der Waals surface area contributed by atoms with E-state index in [0.29, 0.717) is 28.1 Å². The van der Waals surface area contributed by atoms with Crippen LogP contribution in [0.1, 0.15) is 49.0 Å². The van der Waals surface area contributed by atoms with Crippen LogP contribution >= 0.6 is 0 Å². The molecular weight excluding hydrogens is 536 g/mol. The zero-order valence-electron chi connectivity index (χ0n) is 23.7. The van der Waals surface area contributed by atoms with Crippen molar-refractivity contribution in [3.8, 4) is 5.75 Å². The van der Waals surface area contributed by atoms with Crippen molar-refractivity contribution in [3.05, 3.63) is 149 Å². The van der Waals surface area contributed by atoms with Gasteiger partial charge in [-0.1, -0.05) is 97.1 Å². The minimum atomic E-state index is -1.40. The van der Waals surface area contributed by atoms with Crippen molar-refractivity contribution in [1.29, 1.82) is 0 Å². The molecule has 1 amide bonds. The average molecular weight is 567 g/mol. The van der Waals surface area contributed by atoms with Gasteiger partial charge < -0.3 is 15.0 Å². The van der Waals surface area contributed by atoms with Gasteiger partial charge in [-0.25, -0.2) is 0 Å². The van der Waals surface area contributed by atoms with Gasteiger partial charge in [0.25, 0.3) is 0 Å². The molecule has 4 aromatic rings. The first kappa shape index (κ1) is 26.7. The van der Waals surface area contributed by atoms with Crippen LogP contribution in [0.3, 0.4) is 0 Å². The third-order valence-electron chi connectivity index (χ3n) is 8.97. The standard InChI is InChI=1S/C37H30N2O4/c1-3-22-43-30-15-9-6-12-27(30)34(41)31-32(33(40)25-18-16-23(2)17-19-25)39-21-20-24-10-4-5-11-26(24)35(39)37(31)28-13-7-8-14-29(28)38-36(37)42/h3-21,31-32,35H,1,22H2,2H3,(H,38,42). The number of fused-ring (bicyclic) bond motifs is 6. The topological polar surface area (TPSA) is 75.7 Å². The lowest BCUT2D eigenvalue weighted by Crippen LogP contribution is -2.49. The molecule has 3 heterocycles. The van der Waals surface area contributed by atoms with Gasteiger partial charge in [0.1, 0.15) is 23.8 Å². The van der Waals surface area contributed by atoms with Crippen molar-refractivity contribution in [2.75, 3.05) is 11.9 Å². The number of nitrogens with zero attached hydrogens (tertiary/aromatic N) is 1. The Kier molecular flexibility index (Phi) is 6.35. The van der Waals surface area contributed by atoms with E-state index in [4.69, 9.17) is 4.74 Å². The van der Waals surface area contributed by atoms with Crippen LogP contribution in [0.2, 0.25) is 0 Å². The van der Waals surface area contributed by atoms with E-state index in [-0.39, 0.29) is 24.1 Å². The first-order valence-corrected chi connectivity index (χ1v) is 14.4. The summed E-state index contributed by atoms with van der Waals surface area (Å²) in [6.07, 6.45) is 5.46. The Morgan fingerprint density at radius 1 is 0.930 bits per heavy atom. The molecule has 6 heteroatoms. The lowest BCUT2D eigenvalue weighted by atomic mass is 9.62. The van der Waals surface area contributed by atoms with Crippen molar-refractivity contribution in [3.63, 3.8) is 0 Å². The molecule has 4 unspecified atom stereocenters. The smallest absolute Gasteiger partial charge is 0.238 e. The highest BCUT2D eigenvalue weighted by atomic mass is 16.5. The number of rotatable bonds is 7. The third-order valence-corrected chi connectivity index (χ3v) is 8.97. The quantitative estimate of drug-likeness (QED) is 0.203. The fourth-order valence-corrected chi connectivity index (χ4v) is 7.17. The zero-order chi connectivity index (χ0) is 29.7. The largest absolute Gasteiger partial charge is 0.489 e. The molecule has 0 saturated carbocycles. The summed E-state index contributed by atoms with van der Waals surface area (Å²) in [6.45, 7) is 5.92. The van der Waals surface area contributed by atoms with Crippen LogP contribution in [0, 0.1) is 12.8 Å². The molecule has 6 nitrogen and oxygen atoms in total. The van der Waals surface area contributed by atoms with Crippen molar-refractivity contribution in [2.24, 2.45) is 5.92 Å². The van der Waals surface area contributed by atoms with Crippen LogP contribution in [0.4, 0.5) is 5.69 Å². The van der Waals surface area contributed by atoms with Crippen LogP contribution < -0.4 is 10.1 Å². The fourth-order valence-electron chi connectivity index (χ4n) is 7.17. The Labute approximate surface area is 250 Å². The Hall–Kier alpha value is -5.23. The van der Waals surface area contributed by atoms with Crippen LogP contribution in [0.5, 0.6) is 5.75 Å². The summed E-state index contributed by atoms with van der Waals surface area (Å²) in [4.78, 5) is 46.3. The highest BCUT2D eigenvalue weighted by Gasteiger charge is 2.70. The van der Waals surface area contributed by atoms with E-state index in [2.05, 4.69) is 11.9 Å². The number of carbonyl (C=O) groups is 3. The number of carbonyl (C=O) groups excluding carboxylic acids is 3. The molecule has 1 spiro atoms. The number of nitrogens with one attached hydrogen (secondary N) is 1. The van der Waals surface area contributed by atoms with E-state index in [1.807, 2.05) is 84.8 Å². The van der Waals surface area contributed by atoms with E-state index in [9.17, 15) is 9.59 Å². The van der Waals surface area contributed by atoms with Crippen LogP contribution in [-0.2, 0) is 10.2 Å². The molecule has 0 bridgehead atoms. The number of ketones is 2.